The summed E-state index contributed by atoms with van der Waals surface area (Å²) < 4.78 is 35.9. The van der Waals surface area contributed by atoms with E-state index in [1.165, 1.54) is 0 Å². The molecule has 1 saturated heterocycles. The van der Waals surface area contributed by atoms with Crippen molar-refractivity contribution in [2.75, 3.05) is 39.3 Å². The van der Waals surface area contributed by atoms with Crippen molar-refractivity contribution < 1.29 is 18.4 Å². The van der Waals surface area contributed by atoms with Gasteiger partial charge < -0.3 is 15.8 Å². The minimum Gasteiger partial charge on any atom is -0.409 e. The number of piperazine rings is 1. The van der Waals surface area contributed by atoms with Gasteiger partial charge in [0.1, 0.15) is 0 Å². The SMILES string of the molecule is NC(CN1CCN(CCCC(F)(F)F)CC1)=NO. The first kappa shape index (κ1) is 15.0. The van der Waals surface area contributed by atoms with Gasteiger partial charge in [0.15, 0.2) is 5.84 Å². The average Bonchev–Trinajstić information content (AvgIpc) is 2.29. The molecule has 0 unspecified atom stereocenters. The van der Waals surface area contributed by atoms with E-state index in [1.54, 1.807) is 0 Å². The standard InChI is InChI=1S/C10H19F3N4O/c11-10(12,13)2-1-3-16-4-6-17(7-5-16)8-9(14)15-18/h18H,1-8H2,(H2,14,15). The number of nitrogens with two attached hydrogens (primary N) is 1. The van der Waals surface area contributed by atoms with E-state index in [4.69, 9.17) is 10.9 Å². The van der Waals surface area contributed by atoms with Crippen LogP contribution in [-0.2, 0) is 0 Å². The van der Waals surface area contributed by atoms with Gasteiger partial charge >= 0.3 is 6.18 Å². The fourth-order valence-electron chi connectivity index (χ4n) is 1.93. The molecule has 106 valence electrons. The maximum atomic E-state index is 12.0. The Balaban J connectivity index is 2.16. The smallest absolute Gasteiger partial charge is 0.389 e. The molecule has 1 rings (SSSR count). The summed E-state index contributed by atoms with van der Waals surface area (Å²) in [6, 6.07) is 0. The third kappa shape index (κ3) is 6.06. The van der Waals surface area contributed by atoms with Crippen LogP contribution in [0, 0.1) is 0 Å². The number of hydrogen-bond donors (Lipinski definition) is 2. The van der Waals surface area contributed by atoms with Crippen molar-refractivity contribution in [1.82, 2.24) is 9.80 Å². The predicted molar refractivity (Wildman–Crippen MR) is 61.6 cm³/mol. The molecule has 1 heterocycles. The lowest BCUT2D eigenvalue weighted by Gasteiger charge is -2.34. The zero-order valence-corrected chi connectivity index (χ0v) is 10.2. The number of alkyl halides is 3. The lowest BCUT2D eigenvalue weighted by Crippen LogP contribution is -2.49. The molecule has 0 aromatic rings. The highest BCUT2D eigenvalue weighted by Crippen LogP contribution is 2.21. The molecule has 0 atom stereocenters. The topological polar surface area (TPSA) is 65.1 Å². The number of nitrogens with zero attached hydrogens (tertiary/aromatic N) is 3. The predicted octanol–water partition coefficient (Wildman–Crippen LogP) is 0.693. The van der Waals surface area contributed by atoms with Crippen LogP contribution in [0.3, 0.4) is 0 Å². The molecular formula is C10H19F3N4O. The van der Waals surface area contributed by atoms with Crippen LogP contribution in [0.15, 0.2) is 5.16 Å². The van der Waals surface area contributed by atoms with Crippen molar-refractivity contribution in [3.8, 4) is 0 Å². The third-order valence-electron chi connectivity index (χ3n) is 2.91. The molecule has 1 fully saturated rings. The van der Waals surface area contributed by atoms with Gasteiger partial charge in [0.2, 0.25) is 0 Å². The Bertz CT molecular complexity index is 275. The molecule has 1 aliphatic rings. The van der Waals surface area contributed by atoms with Crippen molar-refractivity contribution in [3.63, 3.8) is 0 Å². The molecule has 0 aromatic carbocycles. The summed E-state index contributed by atoms with van der Waals surface area (Å²) in [7, 11) is 0. The van der Waals surface area contributed by atoms with Crippen LogP contribution in [0.1, 0.15) is 12.8 Å². The number of rotatable bonds is 5. The maximum Gasteiger partial charge on any atom is 0.389 e. The zero-order valence-electron chi connectivity index (χ0n) is 10.2. The Morgan fingerprint density at radius 1 is 1.17 bits per heavy atom. The number of amidine groups is 1. The normalized spacial score (nSPS) is 20.3. The van der Waals surface area contributed by atoms with Crippen molar-refractivity contribution in [2.24, 2.45) is 10.9 Å². The van der Waals surface area contributed by atoms with E-state index in [9.17, 15) is 13.2 Å². The highest BCUT2D eigenvalue weighted by atomic mass is 19.4. The first-order chi connectivity index (χ1) is 8.40. The van der Waals surface area contributed by atoms with E-state index in [0.717, 1.165) is 26.2 Å². The molecule has 0 aliphatic carbocycles. The van der Waals surface area contributed by atoms with Crippen molar-refractivity contribution >= 4 is 5.84 Å². The Morgan fingerprint density at radius 3 is 2.22 bits per heavy atom. The second-order valence-corrected chi connectivity index (χ2v) is 4.43. The lowest BCUT2D eigenvalue weighted by atomic mass is 10.2. The Morgan fingerprint density at radius 2 is 1.72 bits per heavy atom. The molecule has 0 aromatic heterocycles. The van der Waals surface area contributed by atoms with Gasteiger partial charge in [-0.05, 0) is 13.0 Å². The van der Waals surface area contributed by atoms with Gasteiger partial charge in [-0.2, -0.15) is 13.2 Å². The molecule has 0 radical (unpaired) electrons. The van der Waals surface area contributed by atoms with Crippen LogP contribution in [0.25, 0.3) is 0 Å². The second-order valence-electron chi connectivity index (χ2n) is 4.43. The molecule has 3 N–H and O–H groups in total. The van der Waals surface area contributed by atoms with E-state index in [0.29, 0.717) is 13.1 Å². The molecule has 0 bridgehead atoms. The minimum absolute atomic E-state index is 0.143. The Hall–Kier alpha value is -1.02. The van der Waals surface area contributed by atoms with E-state index in [2.05, 4.69) is 5.16 Å². The molecule has 18 heavy (non-hydrogen) atoms. The summed E-state index contributed by atoms with van der Waals surface area (Å²) in [5.74, 6) is 0.153. The van der Waals surface area contributed by atoms with E-state index < -0.39 is 12.6 Å². The van der Waals surface area contributed by atoms with Crippen molar-refractivity contribution in [2.45, 2.75) is 19.0 Å². The summed E-state index contributed by atoms with van der Waals surface area (Å²) in [4.78, 5) is 4.02. The van der Waals surface area contributed by atoms with Gasteiger partial charge in [-0.3, -0.25) is 4.90 Å². The van der Waals surface area contributed by atoms with E-state index in [-0.39, 0.29) is 12.3 Å². The van der Waals surface area contributed by atoms with Crippen LogP contribution < -0.4 is 5.73 Å². The molecule has 0 spiro atoms. The molecule has 0 amide bonds. The van der Waals surface area contributed by atoms with Gasteiger partial charge in [0.25, 0.3) is 0 Å². The fourth-order valence-corrected chi connectivity index (χ4v) is 1.93. The van der Waals surface area contributed by atoms with Gasteiger partial charge in [-0.1, -0.05) is 5.16 Å². The summed E-state index contributed by atoms with van der Waals surface area (Å²) >= 11 is 0. The van der Waals surface area contributed by atoms with Crippen LogP contribution in [0.2, 0.25) is 0 Å². The Kier molecular flexibility index (Phi) is 5.67. The van der Waals surface area contributed by atoms with Crippen LogP contribution in [0.4, 0.5) is 13.2 Å². The maximum absolute atomic E-state index is 12.0. The van der Waals surface area contributed by atoms with E-state index >= 15 is 0 Å². The number of hydrogen-bond acceptors (Lipinski definition) is 4. The van der Waals surface area contributed by atoms with Crippen LogP contribution >= 0.6 is 0 Å². The lowest BCUT2D eigenvalue weighted by molar-refractivity contribution is -0.136. The highest BCUT2D eigenvalue weighted by Gasteiger charge is 2.27. The quantitative estimate of drug-likeness (QED) is 0.333. The van der Waals surface area contributed by atoms with Gasteiger partial charge in [-0.25, -0.2) is 0 Å². The highest BCUT2D eigenvalue weighted by molar-refractivity contribution is 5.81. The molecule has 0 saturated carbocycles. The second kappa shape index (κ2) is 6.79. The van der Waals surface area contributed by atoms with Gasteiger partial charge in [0, 0.05) is 32.6 Å². The summed E-state index contributed by atoms with van der Waals surface area (Å²) in [6.07, 6.45) is -4.64. The van der Waals surface area contributed by atoms with Crippen LogP contribution in [-0.4, -0.2) is 66.3 Å². The first-order valence-corrected chi connectivity index (χ1v) is 5.88. The summed E-state index contributed by atoms with van der Waals surface area (Å²) in [5.41, 5.74) is 5.39. The van der Waals surface area contributed by atoms with E-state index in [1.807, 2.05) is 9.80 Å². The van der Waals surface area contributed by atoms with Gasteiger partial charge in [0.05, 0.1) is 6.54 Å². The average molecular weight is 268 g/mol. The zero-order chi connectivity index (χ0) is 13.6. The molecule has 1 aliphatic heterocycles. The molecule has 5 nitrogen and oxygen atoms in total. The summed E-state index contributed by atoms with van der Waals surface area (Å²) in [6.45, 7) is 3.75. The van der Waals surface area contributed by atoms with Crippen molar-refractivity contribution in [3.05, 3.63) is 0 Å². The summed E-state index contributed by atoms with van der Waals surface area (Å²) in [5, 5.41) is 11.3. The third-order valence-corrected chi connectivity index (χ3v) is 2.91. The Labute approximate surface area is 104 Å². The van der Waals surface area contributed by atoms with Crippen molar-refractivity contribution in [1.29, 1.82) is 0 Å². The van der Waals surface area contributed by atoms with Gasteiger partial charge in [-0.15, -0.1) is 0 Å². The monoisotopic (exact) mass is 268 g/mol. The van der Waals surface area contributed by atoms with Crippen LogP contribution in [0.5, 0.6) is 0 Å². The fraction of sp³-hybridized carbons (Fsp3) is 0.900. The minimum atomic E-state index is -4.06. The molecule has 8 heteroatoms. The number of halogens is 3. The number of oxime groups is 1. The largest absolute Gasteiger partial charge is 0.409 e. The first-order valence-electron chi connectivity index (χ1n) is 5.88. The molecular weight excluding hydrogens is 249 g/mol.